The number of nitrogens with zero attached hydrogens (tertiary/aromatic N) is 3. The van der Waals surface area contributed by atoms with Crippen LogP contribution in [-0.4, -0.2) is 21.6 Å². The van der Waals surface area contributed by atoms with E-state index in [2.05, 4.69) is 4.99 Å². The Kier molecular flexibility index (Phi) is 3.74. The fourth-order valence-corrected chi connectivity index (χ4v) is 2.69. The molecule has 2 aromatic carbocycles. The van der Waals surface area contributed by atoms with E-state index in [0.717, 1.165) is 22.5 Å². The first kappa shape index (κ1) is 15.1. The summed E-state index contributed by atoms with van der Waals surface area (Å²) in [7, 11) is 0. The fraction of sp³-hybridized carbons (Fsp3) is 0.0500. The molecule has 0 unspecified atom stereocenters. The van der Waals surface area contributed by atoms with Crippen molar-refractivity contribution in [2.45, 2.75) is 6.92 Å². The lowest BCUT2D eigenvalue weighted by Gasteiger charge is -2.00. The molecule has 0 N–H and O–H groups in total. The number of aromatic nitrogens is 2. The molecule has 0 radical (unpaired) electrons. The summed E-state index contributed by atoms with van der Waals surface area (Å²) < 4.78 is 6.80. The smallest absolute Gasteiger partial charge is 0.363 e. The maximum Gasteiger partial charge on any atom is 0.363 e. The van der Waals surface area contributed by atoms with Gasteiger partial charge in [-0.1, -0.05) is 48.5 Å². The van der Waals surface area contributed by atoms with Gasteiger partial charge in [-0.05, 0) is 18.2 Å². The molecule has 0 spiro atoms. The van der Waals surface area contributed by atoms with Crippen LogP contribution >= 0.6 is 0 Å². The van der Waals surface area contributed by atoms with E-state index >= 15 is 0 Å². The lowest BCUT2D eigenvalue weighted by molar-refractivity contribution is -0.130. The van der Waals surface area contributed by atoms with Crippen LogP contribution in [0.15, 0.2) is 77.5 Å². The standard InChI is InChI=1S/C20H15N3O2/c1-14-21-18(20(24)25-14)12-16-13-23(17-10-6-3-7-11-17)22-19(16)15-8-4-2-5-9-15/h2-13H,1H3. The number of para-hydroxylation sites is 1. The van der Waals surface area contributed by atoms with Crippen molar-refractivity contribution in [3.63, 3.8) is 0 Å². The molecule has 0 atom stereocenters. The first-order chi connectivity index (χ1) is 12.2. The van der Waals surface area contributed by atoms with Crippen LogP contribution in [0.4, 0.5) is 0 Å². The van der Waals surface area contributed by atoms with E-state index in [-0.39, 0.29) is 5.70 Å². The average Bonchev–Trinajstić information content (AvgIpc) is 3.20. The van der Waals surface area contributed by atoms with Crippen LogP contribution in [0, 0.1) is 0 Å². The Hall–Kier alpha value is -3.47. The molecule has 1 aliphatic heterocycles. The summed E-state index contributed by atoms with van der Waals surface area (Å²) in [5.41, 5.74) is 3.78. The zero-order valence-electron chi connectivity index (χ0n) is 13.6. The molecule has 0 aliphatic carbocycles. The monoisotopic (exact) mass is 329 g/mol. The lowest BCUT2D eigenvalue weighted by Crippen LogP contribution is -1.99. The summed E-state index contributed by atoms with van der Waals surface area (Å²) in [6, 6.07) is 19.7. The van der Waals surface area contributed by atoms with Crippen LogP contribution in [0.1, 0.15) is 12.5 Å². The molecule has 25 heavy (non-hydrogen) atoms. The molecule has 2 heterocycles. The van der Waals surface area contributed by atoms with Crippen molar-refractivity contribution in [1.29, 1.82) is 0 Å². The fourth-order valence-electron chi connectivity index (χ4n) is 2.69. The van der Waals surface area contributed by atoms with Gasteiger partial charge in [-0.2, -0.15) is 5.10 Å². The quantitative estimate of drug-likeness (QED) is 0.541. The van der Waals surface area contributed by atoms with Gasteiger partial charge in [0.2, 0.25) is 0 Å². The molecule has 1 aromatic heterocycles. The summed E-state index contributed by atoms with van der Waals surface area (Å²) in [4.78, 5) is 16.0. The van der Waals surface area contributed by atoms with Crippen molar-refractivity contribution in [1.82, 2.24) is 9.78 Å². The zero-order valence-corrected chi connectivity index (χ0v) is 13.6. The van der Waals surface area contributed by atoms with Gasteiger partial charge in [0, 0.05) is 24.2 Å². The van der Waals surface area contributed by atoms with Gasteiger partial charge >= 0.3 is 5.97 Å². The summed E-state index contributed by atoms with van der Waals surface area (Å²) >= 11 is 0. The predicted molar refractivity (Wildman–Crippen MR) is 96.2 cm³/mol. The van der Waals surface area contributed by atoms with Gasteiger partial charge in [-0.25, -0.2) is 14.5 Å². The van der Waals surface area contributed by atoms with E-state index in [9.17, 15) is 4.79 Å². The highest BCUT2D eigenvalue weighted by molar-refractivity contribution is 6.06. The molecule has 0 saturated heterocycles. The number of rotatable bonds is 3. The molecular weight excluding hydrogens is 314 g/mol. The second-order valence-electron chi connectivity index (χ2n) is 5.63. The second kappa shape index (κ2) is 6.20. The number of carbonyl (C=O) groups excluding carboxylic acids is 1. The van der Waals surface area contributed by atoms with Gasteiger partial charge in [0.05, 0.1) is 5.69 Å². The third-order valence-electron chi connectivity index (χ3n) is 3.83. The summed E-state index contributed by atoms with van der Waals surface area (Å²) in [5, 5.41) is 4.71. The normalized spacial score (nSPS) is 15.3. The maximum absolute atomic E-state index is 11.9. The van der Waals surface area contributed by atoms with E-state index in [0.29, 0.717) is 5.90 Å². The molecule has 5 nitrogen and oxygen atoms in total. The van der Waals surface area contributed by atoms with Gasteiger partial charge in [0.1, 0.15) is 5.69 Å². The van der Waals surface area contributed by atoms with E-state index in [1.165, 1.54) is 0 Å². The van der Waals surface area contributed by atoms with Gasteiger partial charge in [0.25, 0.3) is 0 Å². The molecule has 0 fully saturated rings. The highest BCUT2D eigenvalue weighted by atomic mass is 16.6. The molecular formula is C20H15N3O2. The van der Waals surface area contributed by atoms with E-state index < -0.39 is 5.97 Å². The van der Waals surface area contributed by atoms with Crippen molar-refractivity contribution < 1.29 is 9.53 Å². The van der Waals surface area contributed by atoms with Crippen molar-refractivity contribution in [3.8, 4) is 16.9 Å². The van der Waals surface area contributed by atoms with Crippen LogP contribution in [0.3, 0.4) is 0 Å². The van der Waals surface area contributed by atoms with E-state index in [1.54, 1.807) is 17.7 Å². The van der Waals surface area contributed by atoms with Gasteiger partial charge in [-0.3, -0.25) is 0 Å². The predicted octanol–water partition coefficient (Wildman–Crippen LogP) is 3.86. The van der Waals surface area contributed by atoms with Crippen molar-refractivity contribution in [2.75, 3.05) is 0 Å². The molecule has 3 aromatic rings. The minimum absolute atomic E-state index is 0.280. The first-order valence-corrected chi connectivity index (χ1v) is 7.90. The third kappa shape index (κ3) is 2.99. The Morgan fingerprint density at radius 3 is 2.32 bits per heavy atom. The number of carbonyl (C=O) groups is 1. The zero-order chi connectivity index (χ0) is 17.2. The van der Waals surface area contributed by atoms with Crippen LogP contribution < -0.4 is 0 Å². The van der Waals surface area contributed by atoms with Crippen molar-refractivity contribution in [3.05, 3.63) is 78.1 Å². The molecule has 1 aliphatic rings. The summed E-state index contributed by atoms with van der Waals surface area (Å²) in [6.07, 6.45) is 3.61. The molecule has 122 valence electrons. The van der Waals surface area contributed by atoms with Gasteiger partial charge in [0.15, 0.2) is 11.6 Å². The summed E-state index contributed by atoms with van der Waals surface area (Å²) in [6.45, 7) is 1.66. The van der Waals surface area contributed by atoms with Crippen LogP contribution in [-0.2, 0) is 9.53 Å². The lowest BCUT2D eigenvalue weighted by atomic mass is 10.1. The SMILES string of the molecule is CC1=NC(=Cc2cn(-c3ccccc3)nc2-c2ccccc2)C(=O)O1. The van der Waals surface area contributed by atoms with Gasteiger partial charge in [-0.15, -0.1) is 0 Å². The number of hydrogen-bond acceptors (Lipinski definition) is 4. The Balaban J connectivity index is 1.86. The molecule has 0 bridgehead atoms. The number of benzene rings is 2. The van der Waals surface area contributed by atoms with Crippen LogP contribution in [0.5, 0.6) is 0 Å². The van der Waals surface area contributed by atoms with Gasteiger partial charge < -0.3 is 4.74 Å². The number of ether oxygens (including phenoxy) is 1. The average molecular weight is 329 g/mol. The highest BCUT2D eigenvalue weighted by Crippen LogP contribution is 2.27. The Morgan fingerprint density at radius 2 is 1.68 bits per heavy atom. The molecule has 0 saturated carbocycles. The minimum atomic E-state index is -0.441. The topological polar surface area (TPSA) is 56.5 Å². The Bertz CT molecular complexity index is 986. The maximum atomic E-state index is 11.9. The summed E-state index contributed by atoms with van der Waals surface area (Å²) in [5.74, 6) is -0.0862. The Morgan fingerprint density at radius 1 is 1.00 bits per heavy atom. The van der Waals surface area contributed by atoms with Crippen molar-refractivity contribution >= 4 is 17.9 Å². The molecule has 5 heteroatoms. The minimum Gasteiger partial charge on any atom is -0.407 e. The number of esters is 1. The largest absolute Gasteiger partial charge is 0.407 e. The number of cyclic esters (lactones) is 1. The molecule has 0 amide bonds. The van der Waals surface area contributed by atoms with E-state index in [1.807, 2.05) is 66.9 Å². The number of aliphatic imine (C=N–C) groups is 1. The molecule has 4 rings (SSSR count). The third-order valence-corrected chi connectivity index (χ3v) is 3.83. The van der Waals surface area contributed by atoms with Crippen molar-refractivity contribution in [2.24, 2.45) is 4.99 Å². The van der Waals surface area contributed by atoms with E-state index in [4.69, 9.17) is 9.84 Å². The first-order valence-electron chi connectivity index (χ1n) is 7.90. The second-order valence-corrected chi connectivity index (χ2v) is 5.63. The van der Waals surface area contributed by atoms with Crippen LogP contribution in [0.25, 0.3) is 23.0 Å². The Labute approximate surface area is 144 Å². The van der Waals surface area contributed by atoms with Crippen LogP contribution in [0.2, 0.25) is 0 Å². The highest BCUT2D eigenvalue weighted by Gasteiger charge is 2.21. The number of hydrogen-bond donors (Lipinski definition) is 0.